The van der Waals surface area contributed by atoms with Gasteiger partial charge in [0.15, 0.2) is 11.5 Å². The summed E-state index contributed by atoms with van der Waals surface area (Å²) in [6.07, 6.45) is 1.49. The van der Waals surface area contributed by atoms with Gasteiger partial charge >= 0.3 is 0 Å². The molecule has 238 valence electrons. The molecular formula is C35H35N3O7S. The number of aromatic nitrogens is 2. The van der Waals surface area contributed by atoms with Gasteiger partial charge in [-0.2, -0.15) is 0 Å². The second-order valence-corrected chi connectivity index (χ2v) is 12.8. The Hall–Kier alpha value is -4.87. The number of hydrogen-bond acceptors (Lipinski definition) is 10. The lowest BCUT2D eigenvalue weighted by Crippen LogP contribution is -2.30. The summed E-state index contributed by atoms with van der Waals surface area (Å²) in [6.45, 7) is 3.30. The van der Waals surface area contributed by atoms with E-state index in [2.05, 4.69) is 56.2 Å². The highest BCUT2D eigenvalue weighted by molar-refractivity contribution is 7.91. The minimum absolute atomic E-state index is 0.0887. The summed E-state index contributed by atoms with van der Waals surface area (Å²) in [7, 11) is -0.551. The molecule has 6 rings (SSSR count). The van der Waals surface area contributed by atoms with Crippen LogP contribution >= 0.6 is 0 Å². The highest BCUT2D eigenvalue weighted by Crippen LogP contribution is 2.34. The van der Waals surface area contributed by atoms with Gasteiger partial charge in [0, 0.05) is 26.1 Å². The van der Waals surface area contributed by atoms with Gasteiger partial charge in [0.25, 0.3) is 10.9 Å². The second kappa shape index (κ2) is 14.1. The normalized spacial score (nSPS) is 13.2. The number of methoxy groups -OCH3 is 2. The van der Waals surface area contributed by atoms with E-state index in [-0.39, 0.29) is 22.4 Å². The molecule has 0 saturated carbocycles. The molecule has 0 aliphatic carbocycles. The third-order valence-electron chi connectivity index (χ3n) is 7.88. The van der Waals surface area contributed by atoms with Crippen LogP contribution in [0.15, 0.2) is 106 Å². The van der Waals surface area contributed by atoms with Gasteiger partial charge in [0.2, 0.25) is 9.84 Å². The van der Waals surface area contributed by atoms with E-state index in [1.165, 1.54) is 28.8 Å². The van der Waals surface area contributed by atoms with Crippen LogP contribution in [0.2, 0.25) is 0 Å². The van der Waals surface area contributed by atoms with Crippen LogP contribution in [0.3, 0.4) is 0 Å². The smallest absolute Gasteiger partial charge is 0.295 e. The molecule has 46 heavy (non-hydrogen) atoms. The van der Waals surface area contributed by atoms with Gasteiger partial charge in [-0.1, -0.05) is 54.6 Å². The summed E-state index contributed by atoms with van der Waals surface area (Å²) >= 11 is 0. The van der Waals surface area contributed by atoms with Gasteiger partial charge in [-0.3, -0.25) is 4.90 Å². The van der Waals surface area contributed by atoms with Crippen molar-refractivity contribution in [2.45, 2.75) is 35.9 Å². The van der Waals surface area contributed by atoms with E-state index in [4.69, 9.17) is 18.9 Å². The van der Waals surface area contributed by atoms with E-state index in [1.54, 1.807) is 32.4 Å². The number of fused-ring (bicyclic) bond motifs is 1. The first-order chi connectivity index (χ1) is 22.4. The van der Waals surface area contributed by atoms with Crippen molar-refractivity contribution in [2.24, 2.45) is 0 Å². The van der Waals surface area contributed by atoms with E-state index in [1.807, 2.05) is 24.3 Å². The Morgan fingerprint density at radius 2 is 1.43 bits per heavy atom. The second-order valence-electron chi connectivity index (χ2n) is 10.9. The number of hydrogen-bond donors (Lipinski definition) is 0. The summed E-state index contributed by atoms with van der Waals surface area (Å²) in [4.78, 5) is 2.54. The van der Waals surface area contributed by atoms with Gasteiger partial charge in [-0.15, -0.1) is 0 Å². The van der Waals surface area contributed by atoms with Gasteiger partial charge in [0.05, 0.1) is 32.3 Å². The Kier molecular flexibility index (Phi) is 9.51. The van der Waals surface area contributed by atoms with E-state index in [0.29, 0.717) is 13.0 Å². The molecule has 1 aliphatic heterocycles. The Bertz CT molecular complexity index is 1860. The Morgan fingerprint density at radius 1 is 0.783 bits per heavy atom. The van der Waals surface area contributed by atoms with Crippen molar-refractivity contribution in [3.05, 3.63) is 108 Å². The average Bonchev–Trinajstić information content (AvgIpc) is 3.58. The lowest BCUT2D eigenvalue weighted by atomic mass is 9.98. The third kappa shape index (κ3) is 7.00. The zero-order valence-electron chi connectivity index (χ0n) is 25.7. The quantitative estimate of drug-likeness (QED) is 0.142. The number of ether oxygens (including phenoxy) is 4. The predicted molar refractivity (Wildman–Crippen MR) is 171 cm³/mol. The fourth-order valence-electron chi connectivity index (χ4n) is 5.43. The molecule has 0 radical (unpaired) electrons. The van der Waals surface area contributed by atoms with Gasteiger partial charge in [0.1, 0.15) is 5.75 Å². The van der Waals surface area contributed by atoms with Crippen LogP contribution in [0, 0.1) is 0 Å². The fourth-order valence-corrected chi connectivity index (χ4v) is 6.63. The largest absolute Gasteiger partial charge is 0.493 e. The van der Waals surface area contributed by atoms with Gasteiger partial charge in [-0.05, 0) is 80.9 Å². The lowest BCUT2D eigenvalue weighted by Gasteiger charge is -2.29. The molecule has 1 aliphatic rings. The molecular weight excluding hydrogens is 606 g/mol. The van der Waals surface area contributed by atoms with Crippen molar-refractivity contribution in [2.75, 3.05) is 34.0 Å². The van der Waals surface area contributed by atoms with Crippen LogP contribution in [0.1, 0.15) is 23.1 Å². The monoisotopic (exact) mass is 641 g/mol. The summed E-state index contributed by atoms with van der Waals surface area (Å²) in [5.74, 6) is 2.12. The zero-order valence-corrected chi connectivity index (χ0v) is 26.5. The van der Waals surface area contributed by atoms with Crippen LogP contribution in [-0.2, 0) is 29.3 Å². The molecule has 2 heterocycles. The minimum atomic E-state index is -3.90. The van der Waals surface area contributed by atoms with Crippen LogP contribution in [0.25, 0.3) is 11.1 Å². The van der Waals surface area contributed by atoms with Crippen molar-refractivity contribution in [1.29, 1.82) is 0 Å². The third-order valence-corrected chi connectivity index (χ3v) is 9.53. The van der Waals surface area contributed by atoms with E-state index in [0.717, 1.165) is 54.4 Å². The van der Waals surface area contributed by atoms with Crippen LogP contribution in [-0.4, -0.2) is 57.6 Å². The molecule has 0 fully saturated rings. The molecule has 0 N–H and O–H groups in total. The van der Waals surface area contributed by atoms with Crippen molar-refractivity contribution >= 4 is 9.84 Å². The standard InChI is InChI=1S/C35H35N3O7S/c1-41-32-21-28-17-18-38(24-29(28)22-33(32)42-2)23-25-9-11-26(12-10-25)27-13-15-30(16-14-27)43-19-6-20-44-34-35(37-45-36-34)46(39,40)31-7-4-3-5-8-31/h3-5,7-16,21-22H,6,17-20,23-24H2,1-2H3. The summed E-state index contributed by atoms with van der Waals surface area (Å²) in [5.41, 5.74) is 6.10. The molecule has 0 unspecified atom stereocenters. The topological polar surface area (TPSA) is 113 Å². The number of benzene rings is 4. The van der Waals surface area contributed by atoms with Gasteiger partial charge in [-0.25, -0.2) is 13.0 Å². The fraction of sp³-hybridized carbons (Fsp3) is 0.257. The Labute approximate surface area is 268 Å². The van der Waals surface area contributed by atoms with Crippen LogP contribution in [0.5, 0.6) is 23.1 Å². The molecule has 5 aromatic rings. The molecule has 4 aromatic carbocycles. The average molecular weight is 642 g/mol. The summed E-state index contributed by atoms with van der Waals surface area (Å²) < 4.78 is 52.7. The minimum Gasteiger partial charge on any atom is -0.493 e. The number of nitrogens with zero attached hydrogens (tertiary/aromatic N) is 3. The van der Waals surface area contributed by atoms with E-state index >= 15 is 0 Å². The molecule has 0 spiro atoms. The Morgan fingerprint density at radius 3 is 2.13 bits per heavy atom. The van der Waals surface area contributed by atoms with Gasteiger partial charge < -0.3 is 18.9 Å². The molecule has 0 atom stereocenters. The molecule has 1 aromatic heterocycles. The molecule has 10 nitrogen and oxygen atoms in total. The van der Waals surface area contributed by atoms with Crippen molar-refractivity contribution in [3.8, 4) is 34.3 Å². The van der Waals surface area contributed by atoms with E-state index in [9.17, 15) is 8.42 Å². The lowest BCUT2D eigenvalue weighted by molar-refractivity contribution is 0.225. The highest BCUT2D eigenvalue weighted by Gasteiger charge is 2.28. The zero-order chi connectivity index (χ0) is 31.9. The number of rotatable bonds is 13. The summed E-state index contributed by atoms with van der Waals surface area (Å²) in [5, 5.41) is 6.83. The Balaban J connectivity index is 0.968. The van der Waals surface area contributed by atoms with Crippen LogP contribution < -0.4 is 18.9 Å². The maximum absolute atomic E-state index is 12.8. The highest BCUT2D eigenvalue weighted by atomic mass is 32.2. The van der Waals surface area contributed by atoms with Crippen LogP contribution in [0.4, 0.5) is 0 Å². The maximum atomic E-state index is 12.8. The first-order valence-electron chi connectivity index (χ1n) is 15.0. The first-order valence-corrected chi connectivity index (χ1v) is 16.5. The van der Waals surface area contributed by atoms with Crippen molar-refractivity contribution < 1.29 is 32.0 Å². The summed E-state index contributed by atoms with van der Waals surface area (Å²) in [6, 6.07) is 28.8. The number of sulfone groups is 1. The molecule has 11 heteroatoms. The first kappa shape index (κ1) is 31.1. The molecule has 0 saturated heterocycles. The molecule has 0 amide bonds. The maximum Gasteiger partial charge on any atom is 0.295 e. The molecule has 0 bridgehead atoms. The predicted octanol–water partition coefficient (Wildman–Crippen LogP) is 5.99. The van der Waals surface area contributed by atoms with Crippen molar-refractivity contribution in [3.63, 3.8) is 0 Å². The SMILES string of the molecule is COc1cc2c(cc1OC)CN(Cc1ccc(-c3ccc(OCCCOc4nonc4S(=O)(=O)c4ccccc4)cc3)cc1)CC2. The van der Waals surface area contributed by atoms with Crippen molar-refractivity contribution in [1.82, 2.24) is 15.2 Å². The van der Waals surface area contributed by atoms with E-state index < -0.39 is 9.84 Å².